The van der Waals surface area contributed by atoms with Crippen molar-refractivity contribution in [2.45, 2.75) is 52.6 Å². The fourth-order valence-electron chi connectivity index (χ4n) is 3.24. The van der Waals surface area contributed by atoms with Crippen molar-refractivity contribution >= 4 is 35.0 Å². The molecule has 0 aliphatic carbocycles. The molecule has 0 saturated heterocycles. The van der Waals surface area contributed by atoms with E-state index in [0.717, 1.165) is 5.56 Å². The van der Waals surface area contributed by atoms with Crippen molar-refractivity contribution in [3.8, 4) is 5.75 Å². The summed E-state index contributed by atoms with van der Waals surface area (Å²) >= 11 is 12.2. The number of carbonyl (C=O) groups is 2. The van der Waals surface area contributed by atoms with Crippen LogP contribution in [-0.4, -0.2) is 35.9 Å². The minimum atomic E-state index is -0.560. The predicted molar refractivity (Wildman–Crippen MR) is 130 cm³/mol. The quantitative estimate of drug-likeness (QED) is 0.396. The Morgan fingerprint density at radius 3 is 2.38 bits per heavy atom. The number of benzene rings is 2. The summed E-state index contributed by atoms with van der Waals surface area (Å²) in [4.78, 5) is 27.7. The van der Waals surface area contributed by atoms with Gasteiger partial charge in [-0.3, -0.25) is 9.59 Å². The van der Waals surface area contributed by atoms with Gasteiger partial charge >= 0.3 is 0 Å². The molecule has 0 fully saturated rings. The van der Waals surface area contributed by atoms with Crippen molar-refractivity contribution in [3.63, 3.8) is 0 Å². The minimum absolute atomic E-state index is 0.101. The van der Waals surface area contributed by atoms with E-state index < -0.39 is 6.04 Å². The minimum Gasteiger partial charge on any atom is -0.494 e. The van der Waals surface area contributed by atoms with Gasteiger partial charge in [-0.2, -0.15) is 0 Å². The molecule has 2 aromatic rings. The number of rotatable bonds is 12. The molecule has 0 aliphatic heterocycles. The first kappa shape index (κ1) is 26.0. The molecule has 0 bridgehead atoms. The first-order valence-electron chi connectivity index (χ1n) is 11.0. The van der Waals surface area contributed by atoms with Crippen LogP contribution >= 0.6 is 23.2 Å². The number of ether oxygens (including phenoxy) is 1. The van der Waals surface area contributed by atoms with E-state index in [1.807, 2.05) is 39.0 Å². The molecular weight excluding hydrogens is 447 g/mol. The highest BCUT2D eigenvalue weighted by atomic mass is 35.5. The Labute approximate surface area is 201 Å². The van der Waals surface area contributed by atoms with Crippen LogP contribution in [0.15, 0.2) is 48.5 Å². The molecule has 0 saturated carbocycles. The van der Waals surface area contributed by atoms with Gasteiger partial charge in [-0.1, -0.05) is 62.2 Å². The summed E-state index contributed by atoms with van der Waals surface area (Å²) in [7, 11) is 0. The van der Waals surface area contributed by atoms with Gasteiger partial charge in [-0.05, 0) is 54.7 Å². The van der Waals surface area contributed by atoms with E-state index in [2.05, 4.69) is 5.32 Å². The zero-order chi connectivity index (χ0) is 23.5. The van der Waals surface area contributed by atoms with Gasteiger partial charge in [0.1, 0.15) is 11.8 Å². The Balaban J connectivity index is 2.05. The maximum atomic E-state index is 13.2. The van der Waals surface area contributed by atoms with Gasteiger partial charge in [0.15, 0.2) is 0 Å². The van der Waals surface area contributed by atoms with Crippen LogP contribution in [0.2, 0.25) is 10.0 Å². The third-order valence-corrected chi connectivity index (χ3v) is 5.61. The standard InChI is InChI=1S/C25H32Cl2N2O3/c1-4-23(25(31)28-16-18(2)3)29(17-19-8-5-6-9-22(19)27)24(30)10-7-15-32-21-13-11-20(26)12-14-21/h5-6,8-9,11-14,18,23H,4,7,10,15-17H2,1-3H3,(H,28,31)/t23-/m0/s1. The number of amides is 2. The Bertz CT molecular complexity index is 872. The molecular formula is C25H32Cl2N2O3. The van der Waals surface area contributed by atoms with Crippen LogP contribution in [0.5, 0.6) is 5.75 Å². The van der Waals surface area contributed by atoms with Gasteiger partial charge in [0.25, 0.3) is 0 Å². The van der Waals surface area contributed by atoms with E-state index in [1.165, 1.54) is 0 Å². The molecule has 0 heterocycles. The monoisotopic (exact) mass is 478 g/mol. The number of nitrogens with one attached hydrogen (secondary N) is 1. The zero-order valence-corrected chi connectivity index (χ0v) is 20.5. The normalized spacial score (nSPS) is 11.8. The highest BCUT2D eigenvalue weighted by Crippen LogP contribution is 2.21. The fraction of sp³-hybridized carbons (Fsp3) is 0.440. The summed E-state index contributed by atoms with van der Waals surface area (Å²) < 4.78 is 5.70. The molecule has 2 rings (SSSR count). The first-order chi connectivity index (χ1) is 15.3. The summed E-state index contributed by atoms with van der Waals surface area (Å²) in [5.41, 5.74) is 0.815. The van der Waals surface area contributed by atoms with Gasteiger partial charge in [0, 0.05) is 29.6 Å². The van der Waals surface area contributed by atoms with Crippen molar-refractivity contribution in [1.29, 1.82) is 0 Å². The first-order valence-corrected chi connectivity index (χ1v) is 11.8. The summed E-state index contributed by atoms with van der Waals surface area (Å²) in [6.45, 7) is 7.23. The molecule has 174 valence electrons. The Kier molecular flexibility index (Phi) is 10.8. The van der Waals surface area contributed by atoms with Gasteiger partial charge < -0.3 is 15.0 Å². The van der Waals surface area contributed by atoms with Crippen molar-refractivity contribution in [2.75, 3.05) is 13.2 Å². The zero-order valence-electron chi connectivity index (χ0n) is 18.9. The van der Waals surface area contributed by atoms with E-state index in [0.29, 0.717) is 47.7 Å². The van der Waals surface area contributed by atoms with Crippen LogP contribution in [0.25, 0.3) is 0 Å². The second-order valence-corrected chi connectivity index (χ2v) is 8.93. The lowest BCUT2D eigenvalue weighted by Crippen LogP contribution is -2.49. The number of hydrogen-bond donors (Lipinski definition) is 1. The molecule has 2 amide bonds. The number of hydrogen-bond acceptors (Lipinski definition) is 3. The lowest BCUT2D eigenvalue weighted by atomic mass is 10.1. The van der Waals surface area contributed by atoms with E-state index in [4.69, 9.17) is 27.9 Å². The highest BCUT2D eigenvalue weighted by Gasteiger charge is 2.28. The van der Waals surface area contributed by atoms with Crippen molar-refractivity contribution in [1.82, 2.24) is 10.2 Å². The van der Waals surface area contributed by atoms with Gasteiger partial charge in [0.05, 0.1) is 6.61 Å². The van der Waals surface area contributed by atoms with Crippen molar-refractivity contribution in [3.05, 3.63) is 64.1 Å². The van der Waals surface area contributed by atoms with Gasteiger partial charge in [-0.15, -0.1) is 0 Å². The maximum Gasteiger partial charge on any atom is 0.242 e. The second kappa shape index (κ2) is 13.3. The largest absolute Gasteiger partial charge is 0.494 e. The Morgan fingerprint density at radius 1 is 1.06 bits per heavy atom. The molecule has 0 radical (unpaired) electrons. The molecule has 1 N–H and O–H groups in total. The number of halogens is 2. The summed E-state index contributed by atoms with van der Waals surface area (Å²) in [5, 5.41) is 4.18. The van der Waals surface area contributed by atoms with Crippen LogP contribution in [0.4, 0.5) is 0 Å². The van der Waals surface area contributed by atoms with E-state index in [9.17, 15) is 9.59 Å². The Hall–Kier alpha value is -2.24. The second-order valence-electron chi connectivity index (χ2n) is 8.08. The molecule has 0 aromatic heterocycles. The third-order valence-electron chi connectivity index (χ3n) is 4.99. The average Bonchev–Trinajstić information content (AvgIpc) is 2.77. The summed E-state index contributed by atoms with van der Waals surface area (Å²) in [5.74, 6) is 0.790. The molecule has 32 heavy (non-hydrogen) atoms. The smallest absolute Gasteiger partial charge is 0.242 e. The van der Waals surface area contributed by atoms with Crippen LogP contribution in [-0.2, 0) is 16.1 Å². The molecule has 1 atom stereocenters. The van der Waals surface area contributed by atoms with Crippen LogP contribution in [0.1, 0.15) is 45.6 Å². The lowest BCUT2D eigenvalue weighted by molar-refractivity contribution is -0.141. The van der Waals surface area contributed by atoms with Crippen molar-refractivity contribution in [2.24, 2.45) is 5.92 Å². The molecule has 5 nitrogen and oxygen atoms in total. The summed E-state index contributed by atoms with van der Waals surface area (Å²) in [6, 6.07) is 13.9. The maximum absolute atomic E-state index is 13.2. The number of carbonyl (C=O) groups excluding carboxylic acids is 2. The third kappa shape index (κ3) is 8.36. The molecule has 2 aromatic carbocycles. The number of nitrogens with zero attached hydrogens (tertiary/aromatic N) is 1. The SMILES string of the molecule is CC[C@@H](C(=O)NCC(C)C)N(Cc1ccccc1Cl)C(=O)CCCOc1ccc(Cl)cc1. The molecule has 7 heteroatoms. The summed E-state index contributed by atoms with van der Waals surface area (Å²) in [6.07, 6.45) is 1.32. The van der Waals surface area contributed by atoms with Gasteiger partial charge in [-0.25, -0.2) is 0 Å². The van der Waals surface area contributed by atoms with E-state index in [-0.39, 0.29) is 24.8 Å². The highest BCUT2D eigenvalue weighted by molar-refractivity contribution is 6.31. The molecule has 0 aliphatic rings. The average molecular weight is 479 g/mol. The van der Waals surface area contributed by atoms with Crippen LogP contribution in [0, 0.1) is 5.92 Å². The topological polar surface area (TPSA) is 58.6 Å². The predicted octanol–water partition coefficient (Wildman–Crippen LogP) is 5.73. The van der Waals surface area contributed by atoms with E-state index >= 15 is 0 Å². The molecule has 0 spiro atoms. The van der Waals surface area contributed by atoms with Crippen LogP contribution in [0.3, 0.4) is 0 Å². The lowest BCUT2D eigenvalue weighted by Gasteiger charge is -2.31. The fourth-order valence-corrected chi connectivity index (χ4v) is 3.56. The van der Waals surface area contributed by atoms with Crippen molar-refractivity contribution < 1.29 is 14.3 Å². The molecule has 0 unspecified atom stereocenters. The van der Waals surface area contributed by atoms with Gasteiger partial charge in [0.2, 0.25) is 11.8 Å². The van der Waals surface area contributed by atoms with Crippen LogP contribution < -0.4 is 10.1 Å². The van der Waals surface area contributed by atoms with E-state index in [1.54, 1.807) is 35.2 Å². The Morgan fingerprint density at radius 2 is 1.75 bits per heavy atom.